The summed E-state index contributed by atoms with van der Waals surface area (Å²) in [5.41, 5.74) is -0.322. The molecule has 0 bridgehead atoms. The van der Waals surface area contributed by atoms with Gasteiger partial charge in [-0.3, -0.25) is 4.57 Å². The molecule has 0 aliphatic rings. The molecule has 3 atom stereocenters. The number of aliphatic hydroxyl groups is 1. The van der Waals surface area contributed by atoms with E-state index in [1.807, 2.05) is 37.3 Å². The molecule has 1 heterocycles. The first kappa shape index (κ1) is 25.3. The Morgan fingerprint density at radius 2 is 1.74 bits per heavy atom. The topological polar surface area (TPSA) is 108 Å². The maximum absolute atomic E-state index is 13.5. The molecular formula is C26H25FNO5P. The number of hydrogen-bond acceptors (Lipinski definition) is 4. The Balaban J connectivity index is 2.35. The molecule has 2 aromatic carbocycles. The lowest BCUT2D eigenvalue weighted by atomic mass is 9.78. The lowest BCUT2D eigenvalue weighted by Crippen LogP contribution is -2.55. The molecule has 0 spiro atoms. The maximum Gasteiger partial charge on any atom is 0.335 e. The monoisotopic (exact) mass is 481 g/mol. The summed E-state index contributed by atoms with van der Waals surface area (Å²) in [6.45, 7) is 3.47. The van der Waals surface area contributed by atoms with Crippen LogP contribution in [-0.2, 0) is 21.4 Å². The van der Waals surface area contributed by atoms with Crippen molar-refractivity contribution in [2.75, 3.05) is 0 Å². The Labute approximate surface area is 198 Å². The van der Waals surface area contributed by atoms with Crippen molar-refractivity contribution >= 4 is 14.0 Å². The first-order valence-electron chi connectivity index (χ1n) is 10.6. The zero-order chi connectivity index (χ0) is 24.9. The Morgan fingerprint density at radius 3 is 2.29 bits per heavy atom. The number of nitrogens with zero attached hydrogens (tertiary/aromatic N) is 1. The summed E-state index contributed by atoms with van der Waals surface area (Å²) in [5, 5.41) is 19.5. The molecule has 3 rings (SSSR count). The summed E-state index contributed by atoms with van der Waals surface area (Å²) >= 11 is 0. The van der Waals surface area contributed by atoms with Crippen LogP contribution in [0.3, 0.4) is 0 Å². The predicted molar refractivity (Wildman–Crippen MR) is 128 cm³/mol. The number of rotatable bonds is 7. The van der Waals surface area contributed by atoms with Gasteiger partial charge >= 0.3 is 5.97 Å². The molecule has 3 unspecified atom stereocenters. The van der Waals surface area contributed by atoms with E-state index >= 15 is 0 Å². The minimum atomic E-state index is -4.01. The molecule has 1 aromatic heterocycles. The summed E-state index contributed by atoms with van der Waals surface area (Å²) in [7, 11) is -4.01. The van der Waals surface area contributed by atoms with Gasteiger partial charge in [0, 0.05) is 18.4 Å². The van der Waals surface area contributed by atoms with Crippen molar-refractivity contribution in [3.63, 3.8) is 0 Å². The van der Waals surface area contributed by atoms with E-state index < -0.39 is 37.0 Å². The van der Waals surface area contributed by atoms with Gasteiger partial charge in [-0.1, -0.05) is 61.4 Å². The van der Waals surface area contributed by atoms with Crippen LogP contribution in [-0.4, -0.2) is 31.2 Å². The molecule has 0 aliphatic carbocycles. The van der Waals surface area contributed by atoms with E-state index in [9.17, 15) is 28.9 Å². The molecule has 3 N–H and O–H groups in total. The van der Waals surface area contributed by atoms with E-state index in [0.29, 0.717) is 11.3 Å². The number of carboxylic acid groups (broad SMARTS) is 1. The molecule has 0 saturated carbocycles. The molecular weight excluding hydrogens is 456 g/mol. The third-order valence-corrected chi connectivity index (χ3v) is 7.05. The van der Waals surface area contributed by atoms with E-state index in [-0.39, 0.29) is 12.1 Å². The highest BCUT2D eigenvalue weighted by atomic mass is 31.1. The van der Waals surface area contributed by atoms with Gasteiger partial charge in [0.05, 0.1) is 11.4 Å². The minimum absolute atomic E-state index is 0.124. The lowest BCUT2D eigenvalue weighted by Gasteiger charge is -2.39. The summed E-state index contributed by atoms with van der Waals surface area (Å²) in [4.78, 5) is 27.5. The molecule has 0 amide bonds. The van der Waals surface area contributed by atoms with Crippen LogP contribution < -0.4 is 0 Å². The molecule has 8 heteroatoms. The van der Waals surface area contributed by atoms with Gasteiger partial charge in [-0.25, -0.2) is 14.2 Å². The zero-order valence-electron chi connectivity index (χ0n) is 18.7. The second kappa shape index (κ2) is 10.3. The highest BCUT2D eigenvalue weighted by molar-refractivity contribution is 7.42. The summed E-state index contributed by atoms with van der Waals surface area (Å²) < 4.78 is 26.2. The normalized spacial score (nSPS) is 15.3. The Bertz CT molecular complexity index is 1250. The number of hydrogen-bond donors (Lipinski definition) is 3. The molecule has 3 aromatic rings. The van der Waals surface area contributed by atoms with Crippen LogP contribution in [0.1, 0.15) is 30.2 Å². The maximum atomic E-state index is 13.5. The average Bonchev–Trinajstić information content (AvgIpc) is 2.81. The minimum Gasteiger partial charge on any atom is -0.480 e. The van der Waals surface area contributed by atoms with E-state index in [2.05, 4.69) is 16.8 Å². The van der Waals surface area contributed by atoms with E-state index in [1.165, 1.54) is 18.2 Å². The third kappa shape index (κ3) is 4.67. The van der Waals surface area contributed by atoms with Gasteiger partial charge < -0.3 is 15.1 Å². The van der Waals surface area contributed by atoms with Crippen LogP contribution in [0.2, 0.25) is 0 Å². The van der Waals surface area contributed by atoms with Gasteiger partial charge in [0.25, 0.3) is 0 Å². The Kier molecular flexibility index (Phi) is 7.68. The standard InChI is InChI=1S/C26H25FNO5P/c1-3-4-16-26(24(29)30,34(32)33)25(31,17-19-11-13-21(27)14-12-19)22-15-10-18(2)23(28-22)20-8-6-5-7-9-20/h5-15,31,34H,3,17H2,1-2H3,(H,29,30)(H,32,33). The van der Waals surface area contributed by atoms with Crippen molar-refractivity contribution in [3.8, 4) is 23.1 Å². The van der Waals surface area contributed by atoms with E-state index in [0.717, 1.165) is 23.3 Å². The van der Waals surface area contributed by atoms with E-state index in [1.54, 1.807) is 13.0 Å². The van der Waals surface area contributed by atoms with Crippen molar-refractivity contribution in [1.29, 1.82) is 0 Å². The fourth-order valence-corrected chi connectivity index (χ4v) is 4.79. The number of aromatic nitrogens is 1. The highest BCUT2D eigenvalue weighted by Gasteiger charge is 2.61. The van der Waals surface area contributed by atoms with Crippen LogP contribution in [0, 0.1) is 24.6 Å². The number of benzene rings is 2. The van der Waals surface area contributed by atoms with Gasteiger partial charge in [0.2, 0.25) is 13.2 Å². The molecule has 6 nitrogen and oxygen atoms in total. The van der Waals surface area contributed by atoms with Gasteiger partial charge in [-0.05, 0) is 36.2 Å². The number of aliphatic carboxylic acids is 1. The summed E-state index contributed by atoms with van der Waals surface area (Å²) in [6, 6.07) is 17.3. The average molecular weight is 481 g/mol. The zero-order valence-corrected chi connectivity index (χ0v) is 19.7. The third-order valence-electron chi connectivity index (χ3n) is 5.66. The van der Waals surface area contributed by atoms with Crippen LogP contribution in [0.25, 0.3) is 11.3 Å². The van der Waals surface area contributed by atoms with Crippen molar-refractivity contribution in [1.82, 2.24) is 4.98 Å². The SMILES string of the molecule is CCC#CC(C(=O)O)([PH](=O)O)C(O)(Cc1ccc(F)cc1)c1ccc(C)c(-c2ccccc2)n1. The van der Waals surface area contributed by atoms with Crippen molar-refractivity contribution in [2.24, 2.45) is 0 Å². The quantitative estimate of drug-likeness (QED) is 0.343. The second-order valence-corrected chi connectivity index (χ2v) is 9.27. The molecule has 176 valence electrons. The fourth-order valence-electron chi connectivity index (χ4n) is 3.84. The number of carboxylic acids is 1. The molecule has 0 saturated heterocycles. The van der Waals surface area contributed by atoms with Crippen LogP contribution in [0.15, 0.2) is 66.7 Å². The van der Waals surface area contributed by atoms with Gasteiger partial charge in [0.15, 0.2) is 0 Å². The van der Waals surface area contributed by atoms with Crippen molar-refractivity contribution in [2.45, 2.75) is 37.4 Å². The van der Waals surface area contributed by atoms with E-state index in [4.69, 9.17) is 0 Å². The van der Waals surface area contributed by atoms with Crippen LogP contribution in [0.4, 0.5) is 4.39 Å². The van der Waals surface area contributed by atoms with Crippen LogP contribution >= 0.6 is 8.03 Å². The fraction of sp³-hybridized carbons (Fsp3) is 0.231. The Hall–Kier alpha value is -3.30. The van der Waals surface area contributed by atoms with Crippen molar-refractivity contribution in [3.05, 3.63) is 89.4 Å². The molecule has 0 aliphatic heterocycles. The number of halogens is 1. The molecule has 0 radical (unpaired) electrons. The van der Waals surface area contributed by atoms with Gasteiger partial charge in [-0.2, -0.15) is 0 Å². The largest absolute Gasteiger partial charge is 0.480 e. The Morgan fingerprint density at radius 1 is 1.09 bits per heavy atom. The first-order valence-corrected chi connectivity index (χ1v) is 12.0. The molecule has 34 heavy (non-hydrogen) atoms. The van der Waals surface area contributed by atoms with Gasteiger partial charge in [0.1, 0.15) is 11.4 Å². The smallest absolute Gasteiger partial charge is 0.335 e. The van der Waals surface area contributed by atoms with Crippen LogP contribution in [0.5, 0.6) is 0 Å². The predicted octanol–water partition coefficient (Wildman–Crippen LogP) is 4.33. The second-order valence-electron chi connectivity index (χ2n) is 7.91. The van der Waals surface area contributed by atoms with Gasteiger partial charge in [-0.15, -0.1) is 5.92 Å². The first-order chi connectivity index (χ1) is 16.2. The summed E-state index contributed by atoms with van der Waals surface area (Å²) in [6.07, 6.45) is -0.230. The lowest BCUT2D eigenvalue weighted by molar-refractivity contribution is -0.146. The number of carbonyl (C=O) groups is 1. The highest BCUT2D eigenvalue weighted by Crippen LogP contribution is 2.50. The van der Waals surface area contributed by atoms with Crippen molar-refractivity contribution < 1.29 is 28.9 Å². The number of aryl methyl sites for hydroxylation is 1. The molecule has 0 fully saturated rings. The summed E-state index contributed by atoms with van der Waals surface area (Å²) in [5.74, 6) is 2.70. The number of pyridine rings is 1.